The molecule has 1 aliphatic rings. The topological polar surface area (TPSA) is 67.9 Å². The summed E-state index contributed by atoms with van der Waals surface area (Å²) >= 11 is 0. The van der Waals surface area contributed by atoms with Crippen LogP contribution in [-0.4, -0.2) is 42.9 Å². The van der Waals surface area contributed by atoms with Crippen LogP contribution in [0.5, 0.6) is 0 Å². The number of carbonyl (C=O) groups excluding carboxylic acids is 2. The lowest BCUT2D eigenvalue weighted by Gasteiger charge is -2.31. The number of alkyl carbamates (subject to hydrolysis) is 1. The van der Waals surface area contributed by atoms with E-state index in [4.69, 9.17) is 9.57 Å². The largest absolute Gasteiger partial charge is 0.444 e. The Morgan fingerprint density at radius 3 is 2.45 bits per heavy atom. The molecule has 6 nitrogen and oxygen atoms in total. The van der Waals surface area contributed by atoms with Crippen LogP contribution in [0, 0.1) is 5.92 Å². The van der Waals surface area contributed by atoms with Crippen molar-refractivity contribution in [1.82, 2.24) is 10.4 Å². The van der Waals surface area contributed by atoms with Crippen molar-refractivity contribution in [3.63, 3.8) is 0 Å². The maximum atomic E-state index is 12.0. The first-order valence-corrected chi connectivity index (χ1v) is 7.04. The zero-order chi connectivity index (χ0) is 15.3. The first kappa shape index (κ1) is 16.8. The lowest BCUT2D eigenvalue weighted by molar-refractivity contribution is -0.174. The van der Waals surface area contributed by atoms with Gasteiger partial charge in [0.15, 0.2) is 0 Å². The number of nitrogens with zero attached hydrogens (tertiary/aromatic N) is 1. The van der Waals surface area contributed by atoms with Gasteiger partial charge in [0.2, 0.25) is 5.91 Å². The van der Waals surface area contributed by atoms with E-state index in [2.05, 4.69) is 5.32 Å². The standard InChI is InChI=1S/C14H26N2O4/c1-14(2,3)20-13(18)15-11-8-6-7-10(9-11)12(17)16(4)19-5/h10-11H,6-9H2,1-5H3,(H,15,18)/t10-,11?/m0/s1. The maximum absolute atomic E-state index is 12.0. The third kappa shape index (κ3) is 5.36. The van der Waals surface area contributed by atoms with Gasteiger partial charge in [0, 0.05) is 19.0 Å². The highest BCUT2D eigenvalue weighted by Gasteiger charge is 2.31. The Kier molecular flexibility index (Phi) is 5.80. The minimum absolute atomic E-state index is 0.0159. The molecule has 1 N–H and O–H groups in total. The third-order valence-electron chi connectivity index (χ3n) is 3.33. The normalized spacial score (nSPS) is 23.1. The summed E-state index contributed by atoms with van der Waals surface area (Å²) in [7, 11) is 3.07. The smallest absolute Gasteiger partial charge is 0.407 e. The molecule has 0 aromatic heterocycles. The van der Waals surface area contributed by atoms with Crippen molar-refractivity contribution in [2.75, 3.05) is 14.2 Å². The molecule has 1 fully saturated rings. The number of hydroxylamine groups is 2. The van der Waals surface area contributed by atoms with Crippen molar-refractivity contribution in [3.8, 4) is 0 Å². The molecule has 2 atom stereocenters. The average molecular weight is 286 g/mol. The van der Waals surface area contributed by atoms with Crippen molar-refractivity contribution < 1.29 is 19.2 Å². The second-order valence-corrected chi connectivity index (χ2v) is 6.22. The quantitative estimate of drug-likeness (QED) is 0.807. The molecule has 0 spiro atoms. The average Bonchev–Trinajstić information content (AvgIpc) is 2.34. The lowest BCUT2D eigenvalue weighted by atomic mass is 9.85. The van der Waals surface area contributed by atoms with Crippen LogP contribution in [0.25, 0.3) is 0 Å². The minimum Gasteiger partial charge on any atom is -0.444 e. The van der Waals surface area contributed by atoms with Gasteiger partial charge in [-0.25, -0.2) is 9.86 Å². The minimum atomic E-state index is -0.510. The van der Waals surface area contributed by atoms with Gasteiger partial charge in [-0.2, -0.15) is 0 Å². The summed E-state index contributed by atoms with van der Waals surface area (Å²) < 4.78 is 5.23. The highest BCUT2D eigenvalue weighted by molar-refractivity contribution is 5.78. The Balaban J connectivity index is 2.49. The number of amides is 2. The number of nitrogens with one attached hydrogen (secondary N) is 1. The van der Waals surface area contributed by atoms with Gasteiger partial charge in [0.1, 0.15) is 5.60 Å². The molecule has 0 heterocycles. The highest BCUT2D eigenvalue weighted by Crippen LogP contribution is 2.26. The van der Waals surface area contributed by atoms with Crippen molar-refractivity contribution in [2.24, 2.45) is 5.92 Å². The van der Waals surface area contributed by atoms with Crippen LogP contribution in [0.2, 0.25) is 0 Å². The van der Waals surface area contributed by atoms with Crippen molar-refractivity contribution in [2.45, 2.75) is 58.1 Å². The number of hydrogen-bond acceptors (Lipinski definition) is 4. The molecule has 0 bridgehead atoms. The molecule has 1 aliphatic carbocycles. The van der Waals surface area contributed by atoms with E-state index in [0.717, 1.165) is 19.3 Å². The van der Waals surface area contributed by atoms with Gasteiger partial charge in [0.25, 0.3) is 0 Å². The van der Waals surface area contributed by atoms with Gasteiger partial charge in [-0.1, -0.05) is 6.42 Å². The van der Waals surface area contributed by atoms with Gasteiger partial charge in [-0.15, -0.1) is 0 Å². The second-order valence-electron chi connectivity index (χ2n) is 6.22. The van der Waals surface area contributed by atoms with Crippen LogP contribution >= 0.6 is 0 Å². The Morgan fingerprint density at radius 2 is 1.90 bits per heavy atom. The molecule has 0 radical (unpaired) electrons. The maximum Gasteiger partial charge on any atom is 0.407 e. The highest BCUT2D eigenvalue weighted by atomic mass is 16.7. The van der Waals surface area contributed by atoms with Gasteiger partial charge >= 0.3 is 6.09 Å². The van der Waals surface area contributed by atoms with Crippen molar-refractivity contribution in [1.29, 1.82) is 0 Å². The Bertz CT molecular complexity index is 352. The molecule has 0 aliphatic heterocycles. The number of rotatable bonds is 3. The third-order valence-corrected chi connectivity index (χ3v) is 3.33. The molecule has 20 heavy (non-hydrogen) atoms. The Morgan fingerprint density at radius 1 is 1.25 bits per heavy atom. The summed E-state index contributed by atoms with van der Waals surface area (Å²) in [6.45, 7) is 5.48. The zero-order valence-corrected chi connectivity index (χ0v) is 13.1. The van der Waals surface area contributed by atoms with E-state index in [9.17, 15) is 9.59 Å². The summed E-state index contributed by atoms with van der Waals surface area (Å²) in [5, 5.41) is 4.10. The van der Waals surface area contributed by atoms with Crippen LogP contribution in [0.3, 0.4) is 0 Å². The number of ether oxygens (including phenoxy) is 1. The first-order valence-electron chi connectivity index (χ1n) is 7.04. The van der Waals surface area contributed by atoms with E-state index in [1.54, 1.807) is 7.05 Å². The molecule has 116 valence electrons. The molecule has 0 aromatic carbocycles. The zero-order valence-electron chi connectivity index (χ0n) is 13.1. The molecule has 2 amide bonds. The predicted octanol–water partition coefficient (Wildman–Crippen LogP) is 2.09. The van der Waals surface area contributed by atoms with Gasteiger partial charge in [-0.3, -0.25) is 9.63 Å². The number of hydrogen-bond donors (Lipinski definition) is 1. The van der Waals surface area contributed by atoms with Crippen LogP contribution in [0.4, 0.5) is 4.79 Å². The first-order chi connectivity index (χ1) is 9.23. The van der Waals surface area contributed by atoms with Gasteiger partial charge in [-0.05, 0) is 40.0 Å². The summed E-state index contributed by atoms with van der Waals surface area (Å²) in [5.74, 6) is -0.142. The van der Waals surface area contributed by atoms with E-state index in [1.807, 2.05) is 20.8 Å². The van der Waals surface area contributed by atoms with Gasteiger partial charge < -0.3 is 10.1 Å². The summed E-state index contributed by atoms with van der Waals surface area (Å²) in [6, 6.07) is -0.0159. The molecule has 1 rings (SSSR count). The van der Waals surface area contributed by atoms with E-state index < -0.39 is 11.7 Å². The van der Waals surface area contributed by atoms with E-state index in [0.29, 0.717) is 6.42 Å². The predicted molar refractivity (Wildman–Crippen MR) is 74.9 cm³/mol. The van der Waals surface area contributed by atoms with Crippen LogP contribution < -0.4 is 5.32 Å². The fourth-order valence-corrected chi connectivity index (χ4v) is 2.37. The molecular weight excluding hydrogens is 260 g/mol. The van der Waals surface area contributed by atoms with Crippen LogP contribution in [0.1, 0.15) is 46.5 Å². The molecule has 1 saturated carbocycles. The fraction of sp³-hybridized carbons (Fsp3) is 0.857. The SMILES string of the molecule is CON(C)C(=O)[C@H]1CCCC(NC(=O)OC(C)(C)C)C1. The molecule has 0 aromatic rings. The van der Waals surface area contributed by atoms with Crippen LogP contribution in [-0.2, 0) is 14.4 Å². The number of carbonyl (C=O) groups is 2. The van der Waals surface area contributed by atoms with E-state index in [1.165, 1.54) is 12.2 Å². The Labute approximate surface area is 120 Å². The molecule has 6 heteroatoms. The monoisotopic (exact) mass is 286 g/mol. The lowest BCUT2D eigenvalue weighted by Crippen LogP contribution is -2.44. The summed E-state index contributed by atoms with van der Waals surface area (Å²) in [5.41, 5.74) is -0.510. The second kappa shape index (κ2) is 6.92. The van der Waals surface area contributed by atoms with Crippen molar-refractivity contribution in [3.05, 3.63) is 0 Å². The van der Waals surface area contributed by atoms with E-state index >= 15 is 0 Å². The summed E-state index contributed by atoms with van der Waals surface area (Å²) in [6.07, 6.45) is 2.83. The Hall–Kier alpha value is -1.30. The van der Waals surface area contributed by atoms with E-state index in [-0.39, 0.29) is 17.9 Å². The van der Waals surface area contributed by atoms with Crippen molar-refractivity contribution >= 4 is 12.0 Å². The molecular formula is C14H26N2O4. The van der Waals surface area contributed by atoms with Crippen LogP contribution in [0.15, 0.2) is 0 Å². The fourth-order valence-electron chi connectivity index (χ4n) is 2.37. The molecule has 0 saturated heterocycles. The molecule has 1 unspecified atom stereocenters. The van der Waals surface area contributed by atoms with Gasteiger partial charge in [0.05, 0.1) is 7.11 Å². The summed E-state index contributed by atoms with van der Waals surface area (Å²) in [4.78, 5) is 28.7.